The summed E-state index contributed by atoms with van der Waals surface area (Å²) in [6, 6.07) is 21.7. The Labute approximate surface area is 166 Å². The molecule has 0 fully saturated rings. The molecule has 3 nitrogen and oxygen atoms in total. The summed E-state index contributed by atoms with van der Waals surface area (Å²) >= 11 is 0. The van der Waals surface area contributed by atoms with Crippen LogP contribution in [0.3, 0.4) is 0 Å². The number of ketones is 1. The van der Waals surface area contributed by atoms with E-state index in [4.69, 9.17) is 4.74 Å². The predicted molar refractivity (Wildman–Crippen MR) is 104 cm³/mol. The van der Waals surface area contributed by atoms with E-state index in [-0.39, 0.29) is 11.5 Å². The molecule has 0 spiro atoms. The molecule has 0 amide bonds. The normalized spacial score (nSPS) is 11.4. The highest BCUT2D eigenvalue weighted by Crippen LogP contribution is 2.23. The molecule has 0 aliphatic rings. The van der Waals surface area contributed by atoms with Gasteiger partial charge in [-0.2, -0.15) is 0 Å². The molecule has 0 unspecified atom stereocenters. The van der Waals surface area contributed by atoms with Crippen LogP contribution in [0, 0.1) is 0 Å². The van der Waals surface area contributed by atoms with Crippen LogP contribution in [0.1, 0.15) is 21.5 Å². The summed E-state index contributed by atoms with van der Waals surface area (Å²) in [5.41, 5.74) is 2.10. The first-order valence-corrected chi connectivity index (χ1v) is 8.74. The predicted octanol–water partition coefficient (Wildman–Crippen LogP) is 6.06. The summed E-state index contributed by atoms with van der Waals surface area (Å²) in [5.74, 6) is 0.108. The summed E-state index contributed by atoms with van der Waals surface area (Å²) in [6.45, 7) is 0.433. The van der Waals surface area contributed by atoms with Gasteiger partial charge in [-0.05, 0) is 53.6 Å². The van der Waals surface area contributed by atoms with Crippen LogP contribution in [0.5, 0.6) is 11.5 Å². The molecule has 0 aromatic heterocycles. The number of benzene rings is 3. The Balaban J connectivity index is 1.56. The molecule has 0 saturated heterocycles. The van der Waals surface area contributed by atoms with Crippen molar-refractivity contribution in [2.45, 2.75) is 13.0 Å². The second-order valence-corrected chi connectivity index (χ2v) is 6.11. The zero-order valence-electron chi connectivity index (χ0n) is 15.2. The Kier molecular flexibility index (Phi) is 6.34. The van der Waals surface area contributed by atoms with Crippen molar-refractivity contribution in [3.8, 4) is 11.5 Å². The maximum atomic E-state index is 12.3. The van der Waals surface area contributed by atoms with Gasteiger partial charge in [0.2, 0.25) is 0 Å². The largest absolute Gasteiger partial charge is 0.573 e. The van der Waals surface area contributed by atoms with Crippen LogP contribution in [-0.4, -0.2) is 12.1 Å². The number of allylic oxidation sites excluding steroid dienone is 1. The number of hydrogen-bond donors (Lipinski definition) is 0. The molecular weight excluding hydrogens is 381 g/mol. The number of carbonyl (C=O) groups is 1. The molecule has 0 aliphatic carbocycles. The third-order valence-corrected chi connectivity index (χ3v) is 3.93. The Morgan fingerprint density at radius 1 is 0.828 bits per heavy atom. The third kappa shape index (κ3) is 6.53. The van der Waals surface area contributed by atoms with E-state index >= 15 is 0 Å². The van der Waals surface area contributed by atoms with Gasteiger partial charge in [-0.25, -0.2) is 0 Å². The van der Waals surface area contributed by atoms with Crippen molar-refractivity contribution in [3.05, 3.63) is 102 Å². The van der Waals surface area contributed by atoms with E-state index in [1.54, 1.807) is 24.3 Å². The average molecular weight is 398 g/mol. The van der Waals surface area contributed by atoms with E-state index in [0.29, 0.717) is 23.5 Å². The lowest BCUT2D eigenvalue weighted by molar-refractivity contribution is -0.274. The first-order chi connectivity index (χ1) is 13.9. The monoisotopic (exact) mass is 398 g/mol. The van der Waals surface area contributed by atoms with Crippen molar-refractivity contribution in [1.29, 1.82) is 0 Å². The lowest BCUT2D eigenvalue weighted by Gasteiger charge is -2.08. The van der Waals surface area contributed by atoms with Gasteiger partial charge in [-0.3, -0.25) is 4.79 Å². The number of rotatable bonds is 7. The summed E-state index contributed by atoms with van der Waals surface area (Å²) in [6.07, 6.45) is -1.84. The fraction of sp³-hybridized carbons (Fsp3) is 0.0870. The molecule has 3 aromatic carbocycles. The van der Waals surface area contributed by atoms with Gasteiger partial charge in [0.15, 0.2) is 5.78 Å². The van der Waals surface area contributed by atoms with Gasteiger partial charge < -0.3 is 9.47 Å². The lowest BCUT2D eigenvalue weighted by Crippen LogP contribution is -2.16. The molecule has 0 atom stereocenters. The molecule has 0 saturated carbocycles. The van der Waals surface area contributed by atoms with E-state index in [1.807, 2.05) is 30.3 Å². The van der Waals surface area contributed by atoms with Gasteiger partial charge in [0.1, 0.15) is 18.1 Å². The SMILES string of the molecule is O=C(C=Cc1ccc(OC(F)(F)F)cc1)c1ccc(OCc2ccccc2)cc1. The Morgan fingerprint density at radius 2 is 1.45 bits per heavy atom. The van der Waals surface area contributed by atoms with E-state index in [0.717, 1.165) is 5.56 Å². The van der Waals surface area contributed by atoms with Crippen LogP contribution in [-0.2, 0) is 6.61 Å². The van der Waals surface area contributed by atoms with Crippen LogP contribution in [0.4, 0.5) is 13.2 Å². The van der Waals surface area contributed by atoms with Crippen molar-refractivity contribution in [2.24, 2.45) is 0 Å². The van der Waals surface area contributed by atoms with E-state index in [2.05, 4.69) is 4.74 Å². The number of hydrogen-bond acceptors (Lipinski definition) is 3. The summed E-state index contributed by atoms with van der Waals surface area (Å²) < 4.78 is 46.0. The van der Waals surface area contributed by atoms with Crippen molar-refractivity contribution >= 4 is 11.9 Å². The standard InChI is InChI=1S/C23H17F3O3/c24-23(25,26)29-21-11-6-17(7-12-21)8-15-22(27)19-9-13-20(14-10-19)28-16-18-4-2-1-3-5-18/h1-15H,16H2. The molecule has 6 heteroatoms. The van der Waals surface area contributed by atoms with Crippen molar-refractivity contribution in [2.75, 3.05) is 0 Å². The van der Waals surface area contributed by atoms with Gasteiger partial charge >= 0.3 is 6.36 Å². The molecule has 148 valence electrons. The second kappa shape index (κ2) is 9.10. The zero-order valence-corrected chi connectivity index (χ0v) is 15.2. The fourth-order valence-corrected chi connectivity index (χ4v) is 2.51. The molecule has 3 rings (SSSR count). The third-order valence-electron chi connectivity index (χ3n) is 3.93. The molecular formula is C23H17F3O3. The minimum atomic E-state index is -4.73. The molecule has 0 heterocycles. The van der Waals surface area contributed by atoms with E-state index < -0.39 is 6.36 Å². The number of alkyl halides is 3. The summed E-state index contributed by atoms with van der Waals surface area (Å²) in [4.78, 5) is 12.3. The lowest BCUT2D eigenvalue weighted by atomic mass is 10.1. The highest BCUT2D eigenvalue weighted by atomic mass is 19.4. The van der Waals surface area contributed by atoms with E-state index in [9.17, 15) is 18.0 Å². The fourth-order valence-electron chi connectivity index (χ4n) is 2.51. The highest BCUT2D eigenvalue weighted by molar-refractivity contribution is 6.06. The number of halogens is 3. The zero-order chi connectivity index (χ0) is 20.7. The van der Waals surface area contributed by atoms with Crippen LogP contribution in [0.15, 0.2) is 84.9 Å². The maximum absolute atomic E-state index is 12.3. The summed E-state index contributed by atoms with van der Waals surface area (Å²) in [5, 5.41) is 0. The molecule has 29 heavy (non-hydrogen) atoms. The molecule has 0 bridgehead atoms. The van der Waals surface area contributed by atoms with Crippen molar-refractivity contribution in [1.82, 2.24) is 0 Å². The van der Waals surface area contributed by atoms with Crippen molar-refractivity contribution < 1.29 is 27.4 Å². The molecule has 0 radical (unpaired) electrons. The maximum Gasteiger partial charge on any atom is 0.573 e. The molecule has 3 aromatic rings. The van der Waals surface area contributed by atoms with Gasteiger partial charge in [0.25, 0.3) is 0 Å². The van der Waals surface area contributed by atoms with Crippen LogP contribution in [0.25, 0.3) is 6.08 Å². The Hall–Kier alpha value is -3.54. The smallest absolute Gasteiger partial charge is 0.489 e. The Bertz CT molecular complexity index is 961. The van der Waals surface area contributed by atoms with Gasteiger partial charge in [0, 0.05) is 5.56 Å². The minimum Gasteiger partial charge on any atom is -0.489 e. The van der Waals surface area contributed by atoms with Gasteiger partial charge in [-0.1, -0.05) is 48.5 Å². The minimum absolute atomic E-state index is 0.227. The van der Waals surface area contributed by atoms with Gasteiger partial charge in [0.05, 0.1) is 0 Å². The number of ether oxygens (including phenoxy) is 2. The quantitative estimate of drug-likeness (QED) is 0.358. The topological polar surface area (TPSA) is 35.5 Å². The van der Waals surface area contributed by atoms with Crippen molar-refractivity contribution in [3.63, 3.8) is 0 Å². The first kappa shape index (κ1) is 20.2. The van der Waals surface area contributed by atoms with Crippen LogP contribution >= 0.6 is 0 Å². The van der Waals surface area contributed by atoms with Gasteiger partial charge in [-0.15, -0.1) is 13.2 Å². The average Bonchev–Trinajstić information content (AvgIpc) is 2.71. The highest BCUT2D eigenvalue weighted by Gasteiger charge is 2.30. The molecule has 0 N–H and O–H groups in total. The van der Waals surface area contributed by atoms with E-state index in [1.165, 1.54) is 36.4 Å². The van der Waals surface area contributed by atoms with Crippen LogP contribution in [0.2, 0.25) is 0 Å². The first-order valence-electron chi connectivity index (χ1n) is 8.74. The van der Waals surface area contributed by atoms with Crippen LogP contribution < -0.4 is 9.47 Å². The molecule has 0 aliphatic heterocycles. The number of carbonyl (C=O) groups excluding carboxylic acids is 1. The second-order valence-electron chi connectivity index (χ2n) is 6.11. The Morgan fingerprint density at radius 3 is 2.07 bits per heavy atom. The summed E-state index contributed by atoms with van der Waals surface area (Å²) in [7, 11) is 0.